The van der Waals surface area contributed by atoms with Crippen LogP contribution in [0.2, 0.25) is 0 Å². The Morgan fingerprint density at radius 3 is 2.37 bits per heavy atom. The molecular formula is C15H20N2O2. The molecule has 0 saturated carbocycles. The summed E-state index contributed by atoms with van der Waals surface area (Å²) in [6.45, 7) is 6.34. The van der Waals surface area contributed by atoms with Gasteiger partial charge < -0.3 is 5.73 Å². The van der Waals surface area contributed by atoms with E-state index in [1.54, 1.807) is 12.1 Å². The molecule has 19 heavy (non-hydrogen) atoms. The van der Waals surface area contributed by atoms with Gasteiger partial charge in [0.25, 0.3) is 11.8 Å². The van der Waals surface area contributed by atoms with Crippen molar-refractivity contribution in [2.24, 2.45) is 11.7 Å². The quantitative estimate of drug-likeness (QED) is 0.842. The van der Waals surface area contributed by atoms with Crippen LogP contribution in [0.4, 0.5) is 0 Å². The number of rotatable bonds is 4. The van der Waals surface area contributed by atoms with Gasteiger partial charge in [-0.15, -0.1) is 0 Å². The Kier molecular flexibility index (Phi) is 3.71. The zero-order chi connectivity index (χ0) is 14.2. The molecule has 102 valence electrons. The van der Waals surface area contributed by atoms with Crippen LogP contribution in [0, 0.1) is 12.8 Å². The fourth-order valence-electron chi connectivity index (χ4n) is 2.56. The molecule has 0 fully saturated rings. The van der Waals surface area contributed by atoms with Crippen molar-refractivity contribution in [1.29, 1.82) is 0 Å². The predicted octanol–water partition coefficient (Wildman–Crippen LogP) is 1.96. The number of imide groups is 1. The molecule has 1 heterocycles. The first-order valence-electron chi connectivity index (χ1n) is 6.64. The van der Waals surface area contributed by atoms with Crippen LogP contribution >= 0.6 is 0 Å². The van der Waals surface area contributed by atoms with Crippen molar-refractivity contribution in [2.75, 3.05) is 6.54 Å². The van der Waals surface area contributed by atoms with E-state index >= 15 is 0 Å². The normalized spacial score (nSPS) is 16.2. The predicted molar refractivity (Wildman–Crippen MR) is 74.0 cm³/mol. The van der Waals surface area contributed by atoms with E-state index in [9.17, 15) is 9.59 Å². The molecule has 0 saturated heterocycles. The molecular weight excluding hydrogens is 240 g/mol. The highest BCUT2D eigenvalue weighted by molar-refractivity contribution is 6.21. The molecule has 1 aliphatic rings. The number of hydrogen-bond acceptors (Lipinski definition) is 3. The minimum atomic E-state index is -0.215. The molecule has 2 N–H and O–H groups in total. The van der Waals surface area contributed by atoms with Gasteiger partial charge in [0.1, 0.15) is 0 Å². The van der Waals surface area contributed by atoms with E-state index in [1.807, 2.05) is 13.0 Å². The lowest BCUT2D eigenvalue weighted by molar-refractivity contribution is 0.0572. The first kappa shape index (κ1) is 13.7. The number of carbonyl (C=O) groups excluding carboxylic acids is 2. The van der Waals surface area contributed by atoms with Gasteiger partial charge in [-0.2, -0.15) is 0 Å². The van der Waals surface area contributed by atoms with E-state index in [2.05, 4.69) is 13.8 Å². The highest BCUT2D eigenvalue weighted by Gasteiger charge is 2.39. The lowest BCUT2D eigenvalue weighted by Crippen LogP contribution is -2.44. The van der Waals surface area contributed by atoms with Crippen molar-refractivity contribution >= 4 is 11.8 Å². The molecule has 1 unspecified atom stereocenters. The summed E-state index contributed by atoms with van der Waals surface area (Å²) in [4.78, 5) is 26.1. The Hall–Kier alpha value is -1.68. The van der Waals surface area contributed by atoms with Crippen molar-refractivity contribution in [3.05, 3.63) is 34.9 Å². The van der Waals surface area contributed by atoms with Gasteiger partial charge in [-0.05, 0) is 31.4 Å². The van der Waals surface area contributed by atoms with Crippen LogP contribution in [0.25, 0.3) is 0 Å². The summed E-state index contributed by atoms with van der Waals surface area (Å²) in [5.74, 6) is -0.0319. The summed E-state index contributed by atoms with van der Waals surface area (Å²) in [7, 11) is 0. The molecule has 1 aromatic rings. The molecule has 0 aliphatic carbocycles. The van der Waals surface area contributed by atoms with Crippen molar-refractivity contribution in [3.63, 3.8) is 0 Å². The highest BCUT2D eigenvalue weighted by atomic mass is 16.2. The van der Waals surface area contributed by atoms with Crippen LogP contribution in [0.3, 0.4) is 0 Å². The first-order valence-corrected chi connectivity index (χ1v) is 6.64. The zero-order valence-corrected chi connectivity index (χ0v) is 11.6. The molecule has 0 bridgehead atoms. The second kappa shape index (κ2) is 5.13. The molecule has 1 atom stereocenters. The largest absolute Gasteiger partial charge is 0.328 e. The van der Waals surface area contributed by atoms with Gasteiger partial charge in [0.2, 0.25) is 0 Å². The Morgan fingerprint density at radius 1 is 1.16 bits per heavy atom. The van der Waals surface area contributed by atoms with Gasteiger partial charge in [0.15, 0.2) is 0 Å². The number of benzene rings is 1. The maximum Gasteiger partial charge on any atom is 0.261 e. The number of nitrogens with zero attached hydrogens (tertiary/aromatic N) is 1. The van der Waals surface area contributed by atoms with Crippen molar-refractivity contribution in [3.8, 4) is 0 Å². The van der Waals surface area contributed by atoms with Gasteiger partial charge >= 0.3 is 0 Å². The number of carbonyl (C=O) groups is 2. The average molecular weight is 260 g/mol. The third-order valence-electron chi connectivity index (χ3n) is 3.45. The summed E-state index contributed by atoms with van der Waals surface area (Å²) < 4.78 is 0. The molecule has 2 amide bonds. The third kappa shape index (κ3) is 2.40. The standard InChI is InChI=1S/C15H20N2O2/c1-9(2)6-11(8-16)17-14(18)12-5-4-10(3)7-13(12)15(17)19/h4-5,7,9,11H,6,8,16H2,1-3H3. The topological polar surface area (TPSA) is 63.4 Å². The van der Waals surface area contributed by atoms with Crippen LogP contribution < -0.4 is 5.73 Å². The van der Waals surface area contributed by atoms with Gasteiger partial charge in [-0.25, -0.2) is 0 Å². The molecule has 1 aromatic carbocycles. The van der Waals surface area contributed by atoms with Crippen LogP contribution in [0.5, 0.6) is 0 Å². The maximum atomic E-state index is 12.4. The summed E-state index contributed by atoms with van der Waals surface area (Å²) >= 11 is 0. The number of fused-ring (bicyclic) bond motifs is 1. The fraction of sp³-hybridized carbons (Fsp3) is 0.467. The van der Waals surface area contributed by atoms with Crippen LogP contribution in [-0.4, -0.2) is 29.3 Å². The van der Waals surface area contributed by atoms with E-state index < -0.39 is 0 Å². The van der Waals surface area contributed by atoms with Crippen LogP contribution in [0.15, 0.2) is 18.2 Å². The van der Waals surface area contributed by atoms with E-state index in [-0.39, 0.29) is 17.9 Å². The molecule has 0 aromatic heterocycles. The van der Waals surface area contributed by atoms with Crippen LogP contribution in [0.1, 0.15) is 46.5 Å². The van der Waals surface area contributed by atoms with Gasteiger partial charge in [0.05, 0.1) is 17.2 Å². The molecule has 1 aliphatic heterocycles. The second-order valence-corrected chi connectivity index (χ2v) is 5.55. The van der Waals surface area contributed by atoms with E-state index in [4.69, 9.17) is 5.73 Å². The minimum Gasteiger partial charge on any atom is -0.328 e. The maximum absolute atomic E-state index is 12.4. The SMILES string of the molecule is Cc1ccc2c(c1)C(=O)N(C(CN)CC(C)C)C2=O. The molecule has 4 heteroatoms. The summed E-state index contributed by atoms with van der Waals surface area (Å²) in [5.41, 5.74) is 7.73. The van der Waals surface area contributed by atoms with E-state index in [1.165, 1.54) is 4.90 Å². The Balaban J connectivity index is 2.36. The van der Waals surface area contributed by atoms with E-state index in [0.29, 0.717) is 23.6 Å². The zero-order valence-electron chi connectivity index (χ0n) is 11.6. The Labute approximate surface area is 113 Å². The molecule has 0 spiro atoms. The summed E-state index contributed by atoms with van der Waals surface area (Å²) in [5, 5.41) is 0. The minimum absolute atomic E-state index is 0.209. The monoisotopic (exact) mass is 260 g/mol. The molecule has 2 rings (SSSR count). The molecule has 4 nitrogen and oxygen atoms in total. The lowest BCUT2D eigenvalue weighted by atomic mass is 10.0. The summed E-state index contributed by atoms with van der Waals surface area (Å²) in [6, 6.07) is 5.15. The first-order chi connectivity index (χ1) is 8.95. The number of amides is 2. The van der Waals surface area contributed by atoms with E-state index in [0.717, 1.165) is 12.0 Å². The van der Waals surface area contributed by atoms with Crippen molar-refractivity contribution in [1.82, 2.24) is 4.90 Å². The number of hydrogen-bond donors (Lipinski definition) is 1. The fourth-order valence-corrected chi connectivity index (χ4v) is 2.56. The van der Waals surface area contributed by atoms with Crippen molar-refractivity contribution < 1.29 is 9.59 Å². The Morgan fingerprint density at radius 2 is 1.79 bits per heavy atom. The smallest absolute Gasteiger partial charge is 0.261 e. The van der Waals surface area contributed by atoms with Crippen molar-refractivity contribution in [2.45, 2.75) is 33.2 Å². The third-order valence-corrected chi connectivity index (χ3v) is 3.45. The van der Waals surface area contributed by atoms with Gasteiger partial charge in [0, 0.05) is 6.54 Å². The Bertz CT molecular complexity index is 523. The second-order valence-electron chi connectivity index (χ2n) is 5.55. The van der Waals surface area contributed by atoms with Gasteiger partial charge in [-0.3, -0.25) is 14.5 Å². The highest BCUT2D eigenvalue weighted by Crippen LogP contribution is 2.27. The number of nitrogens with two attached hydrogens (primary N) is 1. The number of aryl methyl sites for hydroxylation is 1. The van der Waals surface area contributed by atoms with Gasteiger partial charge in [-0.1, -0.05) is 25.5 Å². The molecule has 0 radical (unpaired) electrons. The summed E-state index contributed by atoms with van der Waals surface area (Å²) in [6.07, 6.45) is 0.737. The van der Waals surface area contributed by atoms with Crippen LogP contribution in [-0.2, 0) is 0 Å². The average Bonchev–Trinajstić information content (AvgIpc) is 2.59. The lowest BCUT2D eigenvalue weighted by Gasteiger charge is -2.26.